The highest BCUT2D eigenvalue weighted by Crippen LogP contribution is 2.32. The van der Waals surface area contributed by atoms with Crippen molar-refractivity contribution < 1.29 is 28.2 Å². The Hall–Kier alpha value is -3.82. The lowest BCUT2D eigenvalue weighted by atomic mass is 9.86. The van der Waals surface area contributed by atoms with Crippen LogP contribution in [0.15, 0.2) is 77.8 Å². The van der Waals surface area contributed by atoms with Crippen LogP contribution in [-0.4, -0.2) is 41.8 Å². The summed E-state index contributed by atoms with van der Waals surface area (Å²) >= 11 is 0. The summed E-state index contributed by atoms with van der Waals surface area (Å²) in [4.78, 5) is 18.3. The van der Waals surface area contributed by atoms with Gasteiger partial charge in [0.1, 0.15) is 23.5 Å². The largest absolute Gasteiger partial charge is 0.494 e. The molecule has 1 aliphatic heterocycles. The third kappa shape index (κ3) is 6.31. The van der Waals surface area contributed by atoms with Gasteiger partial charge in [-0.25, -0.2) is 19.2 Å². The third-order valence-electron chi connectivity index (χ3n) is 6.14. The maximum absolute atomic E-state index is 14.0. The van der Waals surface area contributed by atoms with E-state index in [1.165, 1.54) is 6.07 Å². The van der Waals surface area contributed by atoms with Crippen LogP contribution >= 0.6 is 0 Å². The zero-order valence-corrected chi connectivity index (χ0v) is 20.4. The van der Waals surface area contributed by atoms with Gasteiger partial charge in [-0.3, -0.25) is 10.2 Å². The number of carbonyl (C=O) groups excluding carboxylic acids is 1. The summed E-state index contributed by atoms with van der Waals surface area (Å²) < 4.78 is 38.9. The van der Waals surface area contributed by atoms with E-state index in [4.69, 9.17) is 19.6 Å². The second-order valence-electron chi connectivity index (χ2n) is 8.76. The van der Waals surface area contributed by atoms with Crippen LogP contribution < -0.4 is 15.6 Å². The van der Waals surface area contributed by atoms with Crippen molar-refractivity contribution in [3.05, 3.63) is 101 Å². The number of aliphatic hydroxyl groups excluding tert-OH is 1. The number of hydrogen-bond acceptors (Lipinski definition) is 6. The highest BCUT2D eigenvalue weighted by atomic mass is 19.1. The molecular weight excluding hydrogens is 480 g/mol. The number of rotatable bonds is 11. The van der Waals surface area contributed by atoms with Gasteiger partial charge < -0.3 is 14.6 Å². The van der Waals surface area contributed by atoms with Crippen molar-refractivity contribution in [2.75, 3.05) is 13.2 Å². The van der Waals surface area contributed by atoms with E-state index in [2.05, 4.69) is 10.9 Å². The average Bonchev–Trinajstić information content (AvgIpc) is 3.23. The summed E-state index contributed by atoms with van der Waals surface area (Å²) in [5.41, 5.74) is 5.88. The van der Waals surface area contributed by atoms with Gasteiger partial charge in [0.2, 0.25) is 5.90 Å². The van der Waals surface area contributed by atoms with Gasteiger partial charge in [-0.2, -0.15) is 0 Å². The average molecular weight is 510 g/mol. The molecule has 0 spiro atoms. The number of amides is 1. The van der Waals surface area contributed by atoms with Crippen LogP contribution in [0.5, 0.6) is 5.75 Å². The van der Waals surface area contributed by atoms with E-state index in [9.17, 15) is 13.6 Å². The summed E-state index contributed by atoms with van der Waals surface area (Å²) in [5, 5.41) is 8.91. The van der Waals surface area contributed by atoms with Crippen molar-refractivity contribution >= 4 is 11.8 Å². The maximum Gasteiger partial charge on any atom is 0.266 e. The highest BCUT2D eigenvalue weighted by molar-refractivity contribution is 6.00. The molecule has 9 heteroatoms. The van der Waals surface area contributed by atoms with E-state index in [-0.39, 0.29) is 25.1 Å². The molecule has 1 aliphatic rings. The monoisotopic (exact) mass is 509 g/mol. The van der Waals surface area contributed by atoms with Crippen molar-refractivity contribution in [3.8, 4) is 5.75 Å². The number of ether oxygens (including phenoxy) is 2. The number of carbonyl (C=O) groups is 1. The Bertz CT molecular complexity index is 1240. The molecule has 1 amide bonds. The molecule has 1 heterocycles. The summed E-state index contributed by atoms with van der Waals surface area (Å²) in [6.07, 6.45) is 0.209. The zero-order valence-electron chi connectivity index (χ0n) is 20.4. The van der Waals surface area contributed by atoms with Gasteiger partial charge >= 0.3 is 0 Å². The van der Waals surface area contributed by atoms with Gasteiger partial charge in [0.05, 0.1) is 6.61 Å². The molecule has 3 aromatic rings. The number of nitrogens with zero attached hydrogens (tertiary/aromatic N) is 1. The van der Waals surface area contributed by atoms with Crippen LogP contribution in [0.4, 0.5) is 8.78 Å². The minimum atomic E-state index is -1.29. The Balaban J connectivity index is 1.54. The molecule has 3 N–H and O–H groups in total. The first-order valence-electron chi connectivity index (χ1n) is 12.0. The van der Waals surface area contributed by atoms with Crippen LogP contribution in [0.2, 0.25) is 0 Å². The summed E-state index contributed by atoms with van der Waals surface area (Å²) in [5.74, 6) is -0.845. The number of aliphatic hydroxyl groups is 1. The minimum Gasteiger partial charge on any atom is -0.494 e. The molecule has 0 bridgehead atoms. The summed E-state index contributed by atoms with van der Waals surface area (Å²) in [7, 11) is 0. The lowest BCUT2D eigenvalue weighted by molar-refractivity contribution is -0.129. The molecule has 0 aromatic heterocycles. The van der Waals surface area contributed by atoms with Crippen LogP contribution in [0, 0.1) is 11.6 Å². The highest BCUT2D eigenvalue weighted by Gasteiger charge is 2.50. The number of hydrazine groups is 1. The number of hydrogen-bond donors (Lipinski definition) is 3. The first-order chi connectivity index (χ1) is 17.9. The lowest BCUT2D eigenvalue weighted by Gasteiger charge is -2.28. The molecule has 0 saturated carbocycles. The van der Waals surface area contributed by atoms with Gasteiger partial charge in [-0.1, -0.05) is 36.4 Å². The standard InChI is InChI=1S/C28H29F2N3O4/c1-19-28(17-20-6-3-2-4-7-20,27(35)33-31-18-22-8-11-23(29)16-25(22)30)32-26(37-19)21-9-12-24(13-10-21)36-15-5-14-34/h2-4,6-13,16,19,31,34H,5,14-15,17-18H2,1H3,(H,33,35)/t19-,28-/m0/s1. The smallest absolute Gasteiger partial charge is 0.266 e. The Morgan fingerprint density at radius 1 is 1.11 bits per heavy atom. The van der Waals surface area contributed by atoms with Crippen LogP contribution in [0.3, 0.4) is 0 Å². The molecule has 3 aromatic carbocycles. The van der Waals surface area contributed by atoms with Crippen LogP contribution in [0.1, 0.15) is 30.0 Å². The fraction of sp³-hybridized carbons (Fsp3) is 0.286. The Morgan fingerprint density at radius 3 is 2.57 bits per heavy atom. The Morgan fingerprint density at radius 2 is 1.86 bits per heavy atom. The maximum atomic E-state index is 14.0. The van der Waals surface area contributed by atoms with Crippen molar-refractivity contribution in [2.45, 2.75) is 38.0 Å². The number of benzene rings is 3. The molecule has 0 radical (unpaired) electrons. The molecule has 7 nitrogen and oxygen atoms in total. The molecular formula is C28H29F2N3O4. The van der Waals surface area contributed by atoms with E-state index < -0.39 is 29.2 Å². The minimum absolute atomic E-state index is 0.0389. The predicted octanol–water partition coefficient (Wildman–Crippen LogP) is 3.69. The molecule has 0 saturated heterocycles. The quantitative estimate of drug-likeness (QED) is 0.271. The van der Waals surface area contributed by atoms with E-state index in [0.717, 1.165) is 17.7 Å². The number of nitrogens with one attached hydrogen (secondary N) is 2. The Labute approximate surface area is 214 Å². The molecule has 0 unspecified atom stereocenters. The molecule has 0 fully saturated rings. The number of halogens is 2. The predicted molar refractivity (Wildman–Crippen MR) is 135 cm³/mol. The first-order valence-corrected chi connectivity index (χ1v) is 12.0. The van der Waals surface area contributed by atoms with Gasteiger partial charge in [0.25, 0.3) is 5.91 Å². The van der Waals surface area contributed by atoms with Gasteiger partial charge in [0.15, 0.2) is 5.54 Å². The second-order valence-corrected chi connectivity index (χ2v) is 8.76. The van der Waals surface area contributed by atoms with Crippen molar-refractivity contribution in [3.63, 3.8) is 0 Å². The topological polar surface area (TPSA) is 92.2 Å². The van der Waals surface area contributed by atoms with Crippen molar-refractivity contribution in [1.82, 2.24) is 10.9 Å². The lowest BCUT2D eigenvalue weighted by Crippen LogP contribution is -2.55. The van der Waals surface area contributed by atoms with E-state index >= 15 is 0 Å². The van der Waals surface area contributed by atoms with Crippen LogP contribution in [-0.2, 0) is 22.5 Å². The molecule has 194 valence electrons. The van der Waals surface area contributed by atoms with Crippen molar-refractivity contribution in [2.24, 2.45) is 4.99 Å². The Kier molecular flexibility index (Phi) is 8.47. The van der Waals surface area contributed by atoms with Gasteiger partial charge in [-0.05, 0) is 42.8 Å². The number of aliphatic imine (C=N–C) groups is 1. The third-order valence-corrected chi connectivity index (χ3v) is 6.14. The molecule has 37 heavy (non-hydrogen) atoms. The summed E-state index contributed by atoms with van der Waals surface area (Å²) in [6, 6.07) is 19.9. The molecule has 4 rings (SSSR count). The zero-order chi connectivity index (χ0) is 26.3. The molecule has 2 atom stereocenters. The van der Waals surface area contributed by atoms with Crippen molar-refractivity contribution in [1.29, 1.82) is 0 Å². The first kappa shape index (κ1) is 26.2. The van der Waals surface area contributed by atoms with E-state index in [1.807, 2.05) is 30.3 Å². The SMILES string of the molecule is C[C@@H]1OC(c2ccc(OCCCO)cc2)=N[C@]1(Cc1ccccc1)C(=O)NNCc1ccc(F)cc1F. The fourth-order valence-electron chi connectivity index (χ4n) is 4.04. The van der Waals surface area contributed by atoms with E-state index in [0.29, 0.717) is 30.2 Å². The normalized spacial score (nSPS) is 18.7. The van der Waals surface area contributed by atoms with Crippen LogP contribution in [0.25, 0.3) is 0 Å². The second kappa shape index (κ2) is 11.9. The molecule has 0 aliphatic carbocycles. The summed E-state index contributed by atoms with van der Waals surface area (Å²) in [6.45, 7) is 2.20. The van der Waals surface area contributed by atoms with Gasteiger partial charge in [0, 0.05) is 43.2 Å². The van der Waals surface area contributed by atoms with E-state index in [1.54, 1.807) is 31.2 Å². The van der Waals surface area contributed by atoms with Gasteiger partial charge in [-0.15, -0.1) is 0 Å². The fourth-order valence-corrected chi connectivity index (χ4v) is 4.04.